The minimum atomic E-state index is -0.850. The van der Waals surface area contributed by atoms with Gasteiger partial charge < -0.3 is 40.5 Å². The molecule has 17 aromatic rings. The molecule has 0 amide bonds. The fourth-order valence-corrected chi connectivity index (χ4v) is 23.6. The number of phenols is 4. The van der Waals surface area contributed by atoms with Crippen molar-refractivity contribution in [3.8, 4) is 23.0 Å². The second-order valence-electron chi connectivity index (χ2n) is 38.6. The summed E-state index contributed by atoms with van der Waals surface area (Å²) in [5, 5.41) is 58.4. The van der Waals surface area contributed by atoms with Crippen molar-refractivity contribution in [3.05, 3.63) is 355 Å². The molecule has 750 valence electrons. The predicted molar refractivity (Wildman–Crippen MR) is 593 cm³/mol. The number of aliphatic hydroxyl groups is 1. The van der Waals surface area contributed by atoms with Crippen LogP contribution in [0.1, 0.15) is 189 Å². The van der Waals surface area contributed by atoms with E-state index in [4.69, 9.17) is 78.2 Å². The summed E-state index contributed by atoms with van der Waals surface area (Å²) in [6.45, 7) is 52.6. The molecule has 0 aliphatic heterocycles. The van der Waals surface area contributed by atoms with Crippen LogP contribution in [0.4, 0.5) is 22.7 Å². The molecule has 16 nitrogen and oxygen atoms in total. The summed E-state index contributed by atoms with van der Waals surface area (Å²) in [7, 11) is 0. The molecule has 7 aromatic heterocycles. The van der Waals surface area contributed by atoms with Crippen molar-refractivity contribution in [1.82, 2.24) is 34.9 Å². The van der Waals surface area contributed by atoms with E-state index < -0.39 is 77.3 Å². The van der Waals surface area contributed by atoms with Gasteiger partial charge in [-0.1, -0.05) is 175 Å². The Morgan fingerprint density at radius 2 is 0.514 bits per heavy atom. The van der Waals surface area contributed by atoms with Gasteiger partial charge in [-0.3, -0.25) is 19.9 Å². The molecule has 0 bridgehead atoms. The third-order valence-electron chi connectivity index (χ3n) is 18.5. The molecule has 17 rings (SSSR count). The smallest absolute Gasteiger partial charge is 0.141 e. The minimum absolute atomic E-state index is 0.238. The molecule has 0 saturated carbocycles. The Morgan fingerprint density at radius 1 is 0.289 bits per heavy atom. The molecule has 0 atom stereocenters. The van der Waals surface area contributed by atoms with Gasteiger partial charge in [-0.15, -0.1) is 0 Å². The maximum absolute atomic E-state index is 9.83. The summed E-state index contributed by atoms with van der Waals surface area (Å²) >= 11 is 33.1. The molecule has 7 heterocycles. The van der Waals surface area contributed by atoms with Gasteiger partial charge in [-0.25, -0.2) is 0 Å². The maximum atomic E-state index is 9.83. The van der Waals surface area contributed by atoms with Crippen LogP contribution < -0.4 is 15.0 Å². The standard InChI is InChI=1S/2C13H9NO.C12H17N.2C9H7NO.3C6H3Cl2N.3C6H8N.4C5H10.C4H10O.Mo.3W/c2*15-11-5-1-3-9-6-7-10-4-2-8-14-13(10)12(9)11;1-8(2)10-6-5-7-11(9(3)4)12(10)13;2*11-8-5-1-3-7-4-2-6-10-9(7)8;3*7-4-2-1-3-5(8)6(4)9;3*1-5-3-4-6(2)7-5;4*1-5(2,3)4;1-4(2,3)5;;;;/h2*1-8,15H;5-9H,1-4H3;2*1-6,11H;3*1-3H;3*3-4H,1-2H3;4*1H,2-4H3;5H,1-3H3;;;;/q;;;;;;;;3*-1;;;;;;;;;. The predicted octanol–water partition coefficient (Wildman–Crippen LogP) is 34.5. The Kier molecular flexibility index (Phi) is 51.1. The van der Waals surface area contributed by atoms with Gasteiger partial charge in [0.25, 0.3) is 0 Å². The molecule has 0 fully saturated rings. The Balaban J connectivity index is 0.000000240. The number of aromatic nitrogens is 7. The first kappa shape index (κ1) is 121. The van der Waals surface area contributed by atoms with Crippen LogP contribution in [-0.4, -0.2) is 68.7 Å². The van der Waals surface area contributed by atoms with Crippen LogP contribution in [0.3, 0.4) is 0 Å². The normalized spacial score (nSPS) is 10.8. The molecule has 0 unspecified atom stereocenters. The second-order valence-corrected chi connectivity index (χ2v) is 49.4. The van der Waals surface area contributed by atoms with Gasteiger partial charge in [0, 0.05) is 57.1 Å². The van der Waals surface area contributed by atoms with E-state index in [1.54, 1.807) is 82.0 Å². The number of fused-ring (bicyclic) bond motifs is 8. The first-order chi connectivity index (χ1) is 66.8. The van der Waals surface area contributed by atoms with Crippen LogP contribution in [0, 0.1) is 63.2 Å². The quantitative estimate of drug-likeness (QED) is 0.0771. The number of halogens is 6. The minimum Gasteiger partial charge on any atom is -0.665 e. The number of para-hydroxylation sites is 2. The maximum Gasteiger partial charge on any atom is 0.141 e. The van der Waals surface area contributed by atoms with E-state index in [2.05, 4.69) is 192 Å². The van der Waals surface area contributed by atoms with Crippen LogP contribution >= 0.6 is 69.6 Å². The molecule has 0 radical (unpaired) electrons. The summed E-state index contributed by atoms with van der Waals surface area (Å²) in [5.41, 5.74) is 16.5. The Labute approximate surface area is 902 Å². The van der Waals surface area contributed by atoms with Crippen molar-refractivity contribution in [3.63, 3.8) is 0 Å². The van der Waals surface area contributed by atoms with Gasteiger partial charge in [0.2, 0.25) is 0 Å². The van der Waals surface area contributed by atoms with Gasteiger partial charge in [0.1, 0.15) is 34.0 Å². The molecule has 0 aliphatic rings. The van der Waals surface area contributed by atoms with Crippen molar-refractivity contribution in [1.29, 1.82) is 0 Å². The van der Waals surface area contributed by atoms with Crippen molar-refractivity contribution in [2.45, 2.75) is 191 Å². The van der Waals surface area contributed by atoms with E-state index in [-0.39, 0.29) is 44.7 Å². The van der Waals surface area contributed by atoms with Crippen LogP contribution in [0.25, 0.3) is 65.2 Å². The van der Waals surface area contributed by atoms with Crippen molar-refractivity contribution < 1.29 is 97.2 Å². The Hall–Kier alpha value is -9.47. The zero-order chi connectivity index (χ0) is 105. The number of pyridine rings is 4. The van der Waals surface area contributed by atoms with E-state index in [0.717, 1.165) is 105 Å². The fourth-order valence-electron chi connectivity index (χ4n) is 12.0. The van der Waals surface area contributed by atoms with Gasteiger partial charge in [0.05, 0.1) is 16.6 Å². The number of aromatic hydroxyl groups is 4. The monoisotopic (exact) mass is 2620 g/mol. The van der Waals surface area contributed by atoms with Crippen LogP contribution in [0.2, 0.25) is 30.1 Å². The zero-order valence-corrected chi connectivity index (χ0v) is 101. The number of nitrogens with zero attached hydrogens (tertiary/aromatic N) is 11. The van der Waals surface area contributed by atoms with Crippen LogP contribution in [0.15, 0.2) is 294 Å². The largest absolute Gasteiger partial charge is 0.665 e. The molecular formula is C116H132Cl6MoN11O5W3-3. The van der Waals surface area contributed by atoms with E-state index in [9.17, 15) is 20.4 Å². The van der Waals surface area contributed by atoms with E-state index >= 15 is 0 Å². The summed E-state index contributed by atoms with van der Waals surface area (Å²) in [4.78, 5) is 29.0. The van der Waals surface area contributed by atoms with Gasteiger partial charge >= 0.3 is 454 Å². The number of rotatable bonds is 6. The molecule has 0 aliphatic carbocycles. The summed E-state index contributed by atoms with van der Waals surface area (Å²) < 4.78 is 27.9. The summed E-state index contributed by atoms with van der Waals surface area (Å²) in [5.74, 6) is 2.14. The van der Waals surface area contributed by atoms with Gasteiger partial charge in [-0.05, 0) is 80.1 Å². The number of hydrogen-bond acceptors (Lipinski definition) is 13. The summed E-state index contributed by atoms with van der Waals surface area (Å²) in [6, 6.07) is 80.2. The molecular weight excluding hydrogens is 2490 g/mol. The molecule has 142 heavy (non-hydrogen) atoms. The molecule has 0 spiro atoms. The molecule has 10 aromatic carbocycles. The topological polar surface area (TPSA) is 244 Å². The second kappa shape index (κ2) is 59.8. The zero-order valence-electron chi connectivity index (χ0n) is 85.6. The van der Waals surface area contributed by atoms with Crippen molar-refractivity contribution in [2.24, 2.45) is 35.6 Å². The van der Waals surface area contributed by atoms with Gasteiger partial charge in [0.15, 0.2) is 0 Å². The van der Waals surface area contributed by atoms with E-state index in [1.165, 1.54) is 16.8 Å². The van der Waals surface area contributed by atoms with Crippen molar-refractivity contribution in [2.75, 3.05) is 0 Å². The molecule has 0 saturated heterocycles. The Morgan fingerprint density at radius 3 is 0.754 bits per heavy atom. The first-order valence-electron chi connectivity index (χ1n) is 46.0. The third kappa shape index (κ3) is 45.4. The summed E-state index contributed by atoms with van der Waals surface area (Å²) in [6.07, 6.45) is 6.83. The average molecular weight is 2620 g/mol. The number of aryl methyl sites for hydroxylation is 6. The van der Waals surface area contributed by atoms with E-state index in [0.29, 0.717) is 53.0 Å². The third-order valence-corrected chi connectivity index (χ3v) is 34.9. The number of hydrogen-bond donors (Lipinski definition) is 5. The Bertz CT molecular complexity index is 6590. The van der Waals surface area contributed by atoms with Crippen LogP contribution in [0.5, 0.6) is 23.0 Å². The molecule has 5 N–H and O–H groups in total. The average Bonchev–Trinajstić information content (AvgIpc) is 1.29. The number of phenolic OH excluding ortho intramolecular Hbond substituents is 4. The van der Waals surface area contributed by atoms with Crippen LogP contribution in [-0.2, 0) is 71.7 Å². The first-order valence-corrected chi connectivity index (χ1v) is 59.3. The van der Waals surface area contributed by atoms with E-state index in [1.807, 2.05) is 242 Å². The number of benzene rings is 10. The molecule has 26 heteroatoms. The van der Waals surface area contributed by atoms with Gasteiger partial charge in [-0.2, -0.15) is 34.2 Å². The fraction of sp³-hybridized carbons (Fsp3) is 0.276. The van der Waals surface area contributed by atoms with Crippen molar-refractivity contribution >= 4 is 175 Å². The SMILES string of the molecule is CC(C)(C)O.CC(C)(C)[CH]=[W]=[N]c1c(Cl)cccc1Cl.CC(C)(C)[CH]=[W]=[N]c1c(Cl)cccc1Cl.CC(C)(C)[CH]=[W]=[N]c1c(Cl)cccc1Cl.CC(C)c1cccc(C(C)C)c1[N]=[Mo]=[CH]C(C)(C)C.Cc1ccc(C)[n-]1.Cc1ccc(C)[n-]1.Cc1ccc(C)[n-]1.Oc1cccc2ccc3cccnc3c12.Oc1cccc2ccc3cccnc3c12.Oc1cccc2cccnc12.Oc1cccc2cccnc12.